The van der Waals surface area contributed by atoms with Gasteiger partial charge in [0.25, 0.3) is 0 Å². The molecule has 2 atom stereocenters. The average Bonchev–Trinajstić information content (AvgIpc) is 2.96. The van der Waals surface area contributed by atoms with Crippen molar-refractivity contribution in [3.05, 3.63) is 34.9 Å². The Morgan fingerprint density at radius 2 is 2.06 bits per heavy atom. The van der Waals surface area contributed by atoms with Crippen LogP contribution in [0.25, 0.3) is 0 Å². The van der Waals surface area contributed by atoms with Crippen LogP contribution >= 0.6 is 0 Å². The number of hydrazine groups is 1. The molecule has 3 heteroatoms. The van der Waals surface area contributed by atoms with Crippen molar-refractivity contribution in [3.63, 3.8) is 0 Å². The van der Waals surface area contributed by atoms with Gasteiger partial charge in [-0.15, -0.1) is 0 Å². The largest absolute Gasteiger partial charge is 0.330 e. The Balaban J connectivity index is 1.73. The van der Waals surface area contributed by atoms with Crippen LogP contribution in [0.3, 0.4) is 0 Å². The molecule has 2 aliphatic rings. The molecule has 3 nitrogen and oxygen atoms in total. The zero-order valence-corrected chi connectivity index (χ0v) is 10.2. The molecule has 0 saturated carbocycles. The van der Waals surface area contributed by atoms with E-state index >= 15 is 0 Å². The van der Waals surface area contributed by atoms with Gasteiger partial charge in [0.05, 0.1) is 0 Å². The van der Waals surface area contributed by atoms with Crippen molar-refractivity contribution >= 4 is 0 Å². The van der Waals surface area contributed by atoms with Crippen LogP contribution < -0.4 is 16.6 Å². The summed E-state index contributed by atoms with van der Waals surface area (Å²) in [6.45, 7) is 0.760. The third-order valence-electron chi connectivity index (χ3n) is 4.02. The second kappa shape index (κ2) is 4.77. The van der Waals surface area contributed by atoms with E-state index in [1.54, 1.807) is 11.1 Å². The molecule has 0 spiro atoms. The van der Waals surface area contributed by atoms with Crippen molar-refractivity contribution in [2.45, 2.75) is 44.2 Å². The predicted molar refractivity (Wildman–Crippen MR) is 69.6 cm³/mol. The summed E-state index contributed by atoms with van der Waals surface area (Å²) in [6.07, 6.45) is 6.05. The maximum absolute atomic E-state index is 5.60. The molecule has 3 rings (SSSR count). The fourth-order valence-electron chi connectivity index (χ4n) is 3.04. The zero-order chi connectivity index (χ0) is 11.7. The minimum absolute atomic E-state index is 0.456. The van der Waals surface area contributed by atoms with Gasteiger partial charge in [-0.25, -0.2) is 0 Å². The van der Waals surface area contributed by atoms with Gasteiger partial charge in [-0.2, -0.15) is 0 Å². The van der Waals surface area contributed by atoms with E-state index in [1.807, 2.05) is 0 Å². The topological polar surface area (TPSA) is 50.1 Å². The lowest BCUT2D eigenvalue weighted by Gasteiger charge is -2.11. The van der Waals surface area contributed by atoms with Gasteiger partial charge in [0.15, 0.2) is 0 Å². The van der Waals surface area contributed by atoms with Gasteiger partial charge in [0.1, 0.15) is 0 Å². The first kappa shape index (κ1) is 11.2. The molecule has 1 saturated heterocycles. The van der Waals surface area contributed by atoms with Gasteiger partial charge in [0, 0.05) is 12.1 Å². The smallest absolute Gasteiger partial charge is 0.0477 e. The average molecular weight is 231 g/mol. The van der Waals surface area contributed by atoms with E-state index in [9.17, 15) is 0 Å². The number of nitrogens with two attached hydrogens (primary N) is 1. The Morgan fingerprint density at radius 1 is 1.18 bits per heavy atom. The highest BCUT2D eigenvalue weighted by molar-refractivity contribution is 5.36. The molecule has 1 aromatic rings. The summed E-state index contributed by atoms with van der Waals surface area (Å²) in [5, 5.41) is 0. The Kier molecular flexibility index (Phi) is 3.14. The highest BCUT2D eigenvalue weighted by Crippen LogP contribution is 2.28. The Labute approximate surface area is 103 Å². The summed E-state index contributed by atoms with van der Waals surface area (Å²) in [4.78, 5) is 0. The van der Waals surface area contributed by atoms with E-state index in [0.29, 0.717) is 12.1 Å². The van der Waals surface area contributed by atoms with E-state index in [4.69, 9.17) is 5.73 Å². The summed E-state index contributed by atoms with van der Waals surface area (Å²) < 4.78 is 0. The minimum Gasteiger partial charge on any atom is -0.330 e. The molecule has 1 aliphatic carbocycles. The monoisotopic (exact) mass is 231 g/mol. The van der Waals surface area contributed by atoms with Gasteiger partial charge >= 0.3 is 0 Å². The summed E-state index contributed by atoms with van der Waals surface area (Å²) in [6, 6.07) is 7.98. The molecule has 2 unspecified atom stereocenters. The minimum atomic E-state index is 0.456. The first-order valence-electron chi connectivity index (χ1n) is 6.69. The van der Waals surface area contributed by atoms with Gasteiger partial charge in [-0.3, -0.25) is 10.9 Å². The number of rotatable bonds is 3. The van der Waals surface area contributed by atoms with Crippen LogP contribution in [0.2, 0.25) is 0 Å². The summed E-state index contributed by atoms with van der Waals surface area (Å²) >= 11 is 0. The van der Waals surface area contributed by atoms with Crippen molar-refractivity contribution in [3.8, 4) is 0 Å². The first-order valence-corrected chi connectivity index (χ1v) is 6.69. The molecule has 1 aromatic carbocycles. The van der Waals surface area contributed by atoms with E-state index < -0.39 is 0 Å². The van der Waals surface area contributed by atoms with E-state index in [-0.39, 0.29) is 0 Å². The highest BCUT2D eigenvalue weighted by Gasteiger charge is 2.25. The molecule has 0 amide bonds. The number of nitrogens with one attached hydrogen (secondary N) is 2. The second-order valence-electron chi connectivity index (χ2n) is 5.23. The molecule has 4 N–H and O–H groups in total. The molecule has 92 valence electrons. The molecule has 0 radical (unpaired) electrons. The third-order valence-corrected chi connectivity index (χ3v) is 4.02. The normalized spacial score (nSPS) is 27.4. The molecule has 1 aliphatic heterocycles. The van der Waals surface area contributed by atoms with Crippen molar-refractivity contribution in [1.82, 2.24) is 10.9 Å². The van der Waals surface area contributed by atoms with Crippen LogP contribution in [-0.4, -0.2) is 12.6 Å². The summed E-state index contributed by atoms with van der Waals surface area (Å²) in [7, 11) is 0. The number of hydrogen-bond donors (Lipinski definition) is 3. The van der Waals surface area contributed by atoms with Crippen LogP contribution in [0, 0.1) is 0 Å². The van der Waals surface area contributed by atoms with Crippen LogP contribution in [-0.2, 0) is 12.8 Å². The maximum Gasteiger partial charge on any atom is 0.0477 e. The van der Waals surface area contributed by atoms with Gasteiger partial charge < -0.3 is 5.73 Å². The Bertz CT molecular complexity index is 402. The number of hydrogen-bond acceptors (Lipinski definition) is 3. The zero-order valence-electron chi connectivity index (χ0n) is 10.2. The SMILES string of the molecule is NCCC1CC(c2ccc3c(c2)CCC3)NN1. The van der Waals surface area contributed by atoms with Crippen LogP contribution in [0.1, 0.15) is 42.0 Å². The fourth-order valence-corrected chi connectivity index (χ4v) is 3.04. The van der Waals surface area contributed by atoms with Crippen molar-refractivity contribution < 1.29 is 0 Å². The van der Waals surface area contributed by atoms with Gasteiger partial charge in [0.2, 0.25) is 0 Å². The van der Waals surface area contributed by atoms with Crippen molar-refractivity contribution in [2.24, 2.45) is 5.73 Å². The van der Waals surface area contributed by atoms with Crippen LogP contribution in [0.4, 0.5) is 0 Å². The predicted octanol–water partition coefficient (Wildman–Crippen LogP) is 1.43. The fraction of sp³-hybridized carbons (Fsp3) is 0.571. The maximum atomic E-state index is 5.60. The standard InChI is InChI=1S/C14H21N3/c15-7-6-13-9-14(17-16-13)12-5-4-10-2-1-3-11(10)8-12/h4-5,8,13-14,16-17H,1-3,6-7,9,15H2. The third kappa shape index (κ3) is 2.23. The molecule has 1 fully saturated rings. The Hall–Kier alpha value is -0.900. The molecule has 1 heterocycles. The summed E-state index contributed by atoms with van der Waals surface area (Å²) in [5.74, 6) is 0. The quantitative estimate of drug-likeness (QED) is 0.737. The van der Waals surface area contributed by atoms with E-state index in [2.05, 4.69) is 29.1 Å². The lowest BCUT2D eigenvalue weighted by atomic mass is 9.97. The molecule has 0 aromatic heterocycles. The number of benzene rings is 1. The lowest BCUT2D eigenvalue weighted by molar-refractivity contribution is 0.521. The molecular formula is C14H21N3. The lowest BCUT2D eigenvalue weighted by Crippen LogP contribution is -2.32. The van der Waals surface area contributed by atoms with Crippen LogP contribution in [0.15, 0.2) is 18.2 Å². The van der Waals surface area contributed by atoms with E-state index in [0.717, 1.165) is 19.4 Å². The number of aryl methyl sites for hydroxylation is 2. The summed E-state index contributed by atoms with van der Waals surface area (Å²) in [5.41, 5.74) is 16.9. The van der Waals surface area contributed by atoms with Gasteiger partial charge in [-0.1, -0.05) is 18.2 Å². The number of fused-ring (bicyclic) bond motifs is 1. The first-order chi connectivity index (χ1) is 8.36. The van der Waals surface area contributed by atoms with Crippen molar-refractivity contribution in [1.29, 1.82) is 0 Å². The molecular weight excluding hydrogens is 210 g/mol. The van der Waals surface area contributed by atoms with Crippen LogP contribution in [0.5, 0.6) is 0 Å². The highest BCUT2D eigenvalue weighted by atomic mass is 15.4. The Morgan fingerprint density at radius 3 is 2.94 bits per heavy atom. The second-order valence-corrected chi connectivity index (χ2v) is 5.23. The van der Waals surface area contributed by atoms with Gasteiger partial charge in [-0.05, 0) is 55.3 Å². The molecule has 17 heavy (non-hydrogen) atoms. The van der Waals surface area contributed by atoms with E-state index in [1.165, 1.54) is 24.8 Å². The van der Waals surface area contributed by atoms with Crippen molar-refractivity contribution in [2.75, 3.05) is 6.54 Å². The molecule has 0 bridgehead atoms.